The van der Waals surface area contributed by atoms with E-state index in [2.05, 4.69) is 20.6 Å². The van der Waals surface area contributed by atoms with E-state index in [0.717, 1.165) is 17.2 Å². The maximum Gasteiger partial charge on any atom is 0.255 e. The average molecular weight is 483 g/mol. The lowest BCUT2D eigenvalue weighted by Gasteiger charge is -2.20. The van der Waals surface area contributed by atoms with Crippen LogP contribution in [-0.4, -0.2) is 46.7 Å². The highest BCUT2D eigenvalue weighted by Crippen LogP contribution is 2.26. The first kappa shape index (κ1) is 24.5. The summed E-state index contributed by atoms with van der Waals surface area (Å²) in [4.78, 5) is 23.3. The molecular formula is C25H28F2N6O2. The Balaban J connectivity index is 1.55. The Bertz CT molecular complexity index is 1190. The van der Waals surface area contributed by atoms with Crippen LogP contribution in [0.2, 0.25) is 0 Å². The number of hydrogen-bond donors (Lipinski definition) is 4. The van der Waals surface area contributed by atoms with Crippen LogP contribution < -0.4 is 21.3 Å². The van der Waals surface area contributed by atoms with Gasteiger partial charge in [-0.15, -0.1) is 0 Å². The lowest BCUT2D eigenvalue weighted by atomic mass is 10.1. The molecule has 10 heteroatoms. The molecule has 0 saturated carbocycles. The van der Waals surface area contributed by atoms with Crippen LogP contribution in [0.5, 0.6) is 0 Å². The Kier molecular flexibility index (Phi) is 7.84. The summed E-state index contributed by atoms with van der Waals surface area (Å²) < 4.78 is 28.5. The monoisotopic (exact) mass is 482 g/mol. The predicted molar refractivity (Wildman–Crippen MR) is 129 cm³/mol. The van der Waals surface area contributed by atoms with E-state index in [-0.39, 0.29) is 42.7 Å². The zero-order valence-corrected chi connectivity index (χ0v) is 19.2. The molecule has 35 heavy (non-hydrogen) atoms. The number of nitrogens with two attached hydrogens (primary N) is 1. The normalized spacial score (nSPS) is 15.3. The second-order valence-electron chi connectivity index (χ2n) is 8.38. The lowest BCUT2D eigenvalue weighted by Crippen LogP contribution is -2.28. The number of hydrogen-bond acceptors (Lipinski definition) is 7. The maximum absolute atomic E-state index is 15.0. The molecule has 5 N–H and O–H groups in total. The second kappa shape index (κ2) is 11.2. The standard InChI is InChI=1S/C25H28F2N6O2/c26-18-5-1-3-16(11-18)6-9-30-23-20(12-21(27)24(32-23)33-10-7-19(34)15-33)25(35)31-14-17-4-2-8-29-22(17)13-28/h1-5,8,11-12,19,34H,6-7,9-10,13-15,28H2,(H,30,32)(H,31,35)/t19-/m1/s1. The van der Waals surface area contributed by atoms with Crippen LogP contribution in [0, 0.1) is 11.6 Å². The molecule has 1 amide bonds. The smallest absolute Gasteiger partial charge is 0.255 e. The highest BCUT2D eigenvalue weighted by molar-refractivity contribution is 5.99. The van der Waals surface area contributed by atoms with Crippen molar-refractivity contribution in [2.24, 2.45) is 5.73 Å². The fourth-order valence-corrected chi connectivity index (χ4v) is 4.05. The number of aliphatic hydroxyl groups is 1. The molecule has 0 aliphatic carbocycles. The molecule has 1 fully saturated rings. The molecule has 0 radical (unpaired) electrons. The first-order valence-electron chi connectivity index (χ1n) is 11.5. The maximum atomic E-state index is 15.0. The molecule has 1 saturated heterocycles. The van der Waals surface area contributed by atoms with E-state index in [9.17, 15) is 14.3 Å². The van der Waals surface area contributed by atoms with Crippen molar-refractivity contribution < 1.29 is 18.7 Å². The van der Waals surface area contributed by atoms with Crippen molar-refractivity contribution in [3.8, 4) is 0 Å². The number of amides is 1. The molecular weight excluding hydrogens is 454 g/mol. The molecule has 0 bridgehead atoms. The number of nitrogens with one attached hydrogen (secondary N) is 2. The Morgan fingerprint density at radius 2 is 2.09 bits per heavy atom. The van der Waals surface area contributed by atoms with Gasteiger partial charge in [-0.1, -0.05) is 18.2 Å². The third-order valence-corrected chi connectivity index (χ3v) is 5.88. The zero-order chi connectivity index (χ0) is 24.8. The minimum atomic E-state index is -0.649. The SMILES string of the molecule is NCc1ncccc1CNC(=O)c1cc(F)c(N2CC[C@@H](O)C2)nc1NCCc1cccc(F)c1. The average Bonchev–Trinajstić information content (AvgIpc) is 3.29. The van der Waals surface area contributed by atoms with Gasteiger partial charge in [0.25, 0.3) is 5.91 Å². The third kappa shape index (κ3) is 6.09. The molecule has 3 heterocycles. The summed E-state index contributed by atoms with van der Waals surface area (Å²) in [5.41, 5.74) is 7.97. The number of anilines is 2. The number of nitrogens with zero attached hydrogens (tertiary/aromatic N) is 3. The minimum Gasteiger partial charge on any atom is -0.391 e. The zero-order valence-electron chi connectivity index (χ0n) is 19.2. The number of rotatable bonds is 9. The highest BCUT2D eigenvalue weighted by atomic mass is 19.1. The van der Waals surface area contributed by atoms with Gasteiger partial charge in [-0.3, -0.25) is 9.78 Å². The van der Waals surface area contributed by atoms with Gasteiger partial charge in [0.15, 0.2) is 11.6 Å². The Morgan fingerprint density at radius 1 is 1.23 bits per heavy atom. The fourth-order valence-electron chi connectivity index (χ4n) is 4.05. The van der Waals surface area contributed by atoms with Gasteiger partial charge in [0.1, 0.15) is 11.6 Å². The number of aliphatic hydroxyl groups excluding tert-OH is 1. The molecule has 0 unspecified atom stereocenters. The van der Waals surface area contributed by atoms with Crippen molar-refractivity contribution in [2.45, 2.75) is 32.0 Å². The summed E-state index contributed by atoms with van der Waals surface area (Å²) in [6, 6.07) is 11.0. The first-order valence-corrected chi connectivity index (χ1v) is 11.5. The summed E-state index contributed by atoms with van der Waals surface area (Å²) in [6.45, 7) is 1.47. The van der Waals surface area contributed by atoms with E-state index >= 15 is 4.39 Å². The van der Waals surface area contributed by atoms with Crippen molar-refractivity contribution in [3.05, 3.63) is 82.7 Å². The molecule has 1 atom stereocenters. The number of carbonyl (C=O) groups is 1. The summed E-state index contributed by atoms with van der Waals surface area (Å²) in [7, 11) is 0. The van der Waals surface area contributed by atoms with Gasteiger partial charge < -0.3 is 26.4 Å². The van der Waals surface area contributed by atoms with Crippen LogP contribution in [0.1, 0.15) is 33.6 Å². The molecule has 4 rings (SSSR count). The Labute approximate surface area is 202 Å². The topological polar surface area (TPSA) is 116 Å². The molecule has 0 spiro atoms. The lowest BCUT2D eigenvalue weighted by molar-refractivity contribution is 0.0951. The van der Waals surface area contributed by atoms with Crippen molar-refractivity contribution in [1.29, 1.82) is 0 Å². The van der Waals surface area contributed by atoms with E-state index in [1.54, 1.807) is 29.3 Å². The largest absolute Gasteiger partial charge is 0.391 e. The van der Waals surface area contributed by atoms with Crippen LogP contribution in [0.25, 0.3) is 0 Å². The molecule has 1 aliphatic heterocycles. The summed E-state index contributed by atoms with van der Waals surface area (Å²) in [5.74, 6) is -1.20. The molecule has 8 nitrogen and oxygen atoms in total. The van der Waals surface area contributed by atoms with Gasteiger partial charge in [-0.2, -0.15) is 0 Å². The van der Waals surface area contributed by atoms with Crippen LogP contribution in [0.4, 0.5) is 20.4 Å². The second-order valence-corrected chi connectivity index (χ2v) is 8.38. The van der Waals surface area contributed by atoms with Crippen molar-refractivity contribution in [1.82, 2.24) is 15.3 Å². The van der Waals surface area contributed by atoms with Gasteiger partial charge >= 0.3 is 0 Å². The van der Waals surface area contributed by atoms with Crippen LogP contribution in [0.15, 0.2) is 48.7 Å². The van der Waals surface area contributed by atoms with Gasteiger partial charge in [0.05, 0.1) is 17.4 Å². The minimum absolute atomic E-state index is 0.0448. The highest BCUT2D eigenvalue weighted by Gasteiger charge is 2.26. The van der Waals surface area contributed by atoms with E-state index in [4.69, 9.17) is 5.73 Å². The first-order chi connectivity index (χ1) is 16.9. The summed E-state index contributed by atoms with van der Waals surface area (Å²) in [6.07, 6.45) is 2.06. The van der Waals surface area contributed by atoms with Crippen molar-refractivity contribution in [2.75, 3.05) is 29.9 Å². The molecule has 1 aromatic carbocycles. The Hall–Kier alpha value is -3.63. The quantitative estimate of drug-likeness (QED) is 0.370. The molecule has 1 aliphatic rings. The number of aromatic nitrogens is 2. The molecule has 3 aromatic rings. The van der Waals surface area contributed by atoms with Crippen molar-refractivity contribution >= 4 is 17.5 Å². The van der Waals surface area contributed by atoms with E-state index < -0.39 is 17.8 Å². The van der Waals surface area contributed by atoms with Crippen LogP contribution in [-0.2, 0) is 19.5 Å². The van der Waals surface area contributed by atoms with Gasteiger partial charge in [-0.25, -0.2) is 13.8 Å². The van der Waals surface area contributed by atoms with Gasteiger partial charge in [0.2, 0.25) is 0 Å². The number of benzene rings is 1. The molecule has 184 valence electrons. The van der Waals surface area contributed by atoms with Gasteiger partial charge in [0, 0.05) is 38.9 Å². The number of carbonyl (C=O) groups excluding carboxylic acids is 1. The third-order valence-electron chi connectivity index (χ3n) is 5.88. The van der Waals surface area contributed by atoms with E-state index in [0.29, 0.717) is 31.6 Å². The van der Waals surface area contributed by atoms with Gasteiger partial charge in [-0.05, 0) is 48.2 Å². The van der Waals surface area contributed by atoms with Crippen LogP contribution >= 0.6 is 0 Å². The van der Waals surface area contributed by atoms with E-state index in [1.165, 1.54) is 12.1 Å². The molecule has 2 aromatic heterocycles. The van der Waals surface area contributed by atoms with Crippen molar-refractivity contribution in [3.63, 3.8) is 0 Å². The number of β-amino-alcohol motifs (C(OH)–C–C–N with tert-alkyl or cyclic N) is 1. The number of halogens is 2. The predicted octanol–water partition coefficient (Wildman–Crippen LogP) is 2.37. The van der Waals surface area contributed by atoms with E-state index in [1.807, 2.05) is 6.07 Å². The van der Waals surface area contributed by atoms with Crippen LogP contribution in [0.3, 0.4) is 0 Å². The number of pyridine rings is 2. The summed E-state index contributed by atoms with van der Waals surface area (Å²) in [5, 5.41) is 15.7. The Morgan fingerprint density at radius 3 is 2.83 bits per heavy atom. The fraction of sp³-hybridized carbons (Fsp3) is 0.320. The summed E-state index contributed by atoms with van der Waals surface area (Å²) >= 11 is 0.